The third-order valence-electron chi connectivity index (χ3n) is 11.1. The maximum atomic E-state index is 15.2. The summed E-state index contributed by atoms with van der Waals surface area (Å²) in [4.78, 5) is 60.3. The van der Waals surface area contributed by atoms with Crippen LogP contribution >= 0.6 is 0 Å². The number of amides is 3. The predicted octanol–water partition coefficient (Wildman–Crippen LogP) is 5.83. The summed E-state index contributed by atoms with van der Waals surface area (Å²) in [5.74, 6) is -3.59. The molecule has 1 spiro atoms. The van der Waals surface area contributed by atoms with Gasteiger partial charge in [-0.1, -0.05) is 103 Å². The Hall–Kier alpha value is -5.58. The fourth-order valence-corrected chi connectivity index (χ4v) is 8.62. The number of carbonyl (C=O) groups excluding carboxylic acids is 4. The number of fused-ring (bicyclic) bond motifs is 2. The Bertz CT molecular complexity index is 2040. The lowest BCUT2D eigenvalue weighted by Gasteiger charge is -2.39. The topological polar surface area (TPSA) is 125 Å². The summed E-state index contributed by atoms with van der Waals surface area (Å²) < 4.78 is 12.4. The van der Waals surface area contributed by atoms with Gasteiger partial charge in [-0.05, 0) is 53.3 Å². The minimum Gasteiger partial charge on any atom is -0.463 e. The summed E-state index contributed by atoms with van der Waals surface area (Å²) in [6.07, 6.45) is 4.12. The van der Waals surface area contributed by atoms with Gasteiger partial charge in [0, 0.05) is 18.7 Å². The molecular weight excluding hydrogens is 682 g/mol. The van der Waals surface area contributed by atoms with E-state index in [1.165, 1.54) is 4.90 Å². The van der Waals surface area contributed by atoms with Crippen LogP contribution in [0.3, 0.4) is 0 Å². The van der Waals surface area contributed by atoms with E-state index >= 15 is 9.59 Å². The van der Waals surface area contributed by atoms with Gasteiger partial charge in [-0.2, -0.15) is 0 Å². The maximum Gasteiger partial charge on any atom is 0.306 e. The van der Waals surface area contributed by atoms with Gasteiger partial charge in [0.1, 0.15) is 18.2 Å². The highest BCUT2D eigenvalue weighted by molar-refractivity contribution is 6.06. The van der Waals surface area contributed by atoms with Crippen LogP contribution in [0.1, 0.15) is 48.9 Å². The van der Waals surface area contributed by atoms with Crippen molar-refractivity contribution in [2.75, 3.05) is 24.7 Å². The quantitative estimate of drug-likeness (QED) is 0.117. The molecule has 3 fully saturated rings. The van der Waals surface area contributed by atoms with E-state index in [2.05, 4.69) is 18.5 Å². The smallest absolute Gasteiger partial charge is 0.306 e. The Kier molecular flexibility index (Phi) is 10.8. The van der Waals surface area contributed by atoms with Gasteiger partial charge < -0.3 is 29.7 Å². The third kappa shape index (κ3) is 6.71. The largest absolute Gasteiger partial charge is 0.463 e. The van der Waals surface area contributed by atoms with E-state index in [1.54, 1.807) is 17.1 Å². The first-order chi connectivity index (χ1) is 26.3. The average molecular weight is 728 g/mol. The zero-order chi connectivity index (χ0) is 37.8. The van der Waals surface area contributed by atoms with Gasteiger partial charge in [-0.25, -0.2) is 0 Å². The molecule has 3 saturated heterocycles. The molecule has 278 valence electrons. The molecule has 4 aromatic carbocycles. The van der Waals surface area contributed by atoms with Crippen LogP contribution in [0.15, 0.2) is 128 Å². The van der Waals surface area contributed by atoms with Gasteiger partial charge in [0.05, 0.1) is 36.6 Å². The number of likely N-dealkylation sites (tertiary alicyclic amines) is 1. The second-order valence-corrected chi connectivity index (χ2v) is 14.2. The van der Waals surface area contributed by atoms with Gasteiger partial charge in [0.2, 0.25) is 11.8 Å². The normalized spacial score (nSPS) is 23.7. The van der Waals surface area contributed by atoms with Crippen molar-refractivity contribution in [3.8, 4) is 0 Å². The number of rotatable bonds is 15. The average Bonchev–Trinajstić information content (AvgIpc) is 3.85. The number of hydrogen-bond donors (Lipinski definition) is 2. The standard InChI is InChI=1S/C44H45N3O7/c1-3-5-20-37(49)53-28-34(30-15-8-6-9-16-30)45-41(50)38-36-23-24-44(54-36)39(38)42(51)47(35(27-48)31-17-10-7-11-18-31)40(44)43(52)46(25-4-2)33-22-21-29-14-12-13-19-32(29)26-33/h3-4,6-19,21-22,26,34-36,38-40,48H,1-2,5,20,23-25,27-28H2,(H,45,50)/t34-,35+,36+,38-,39-,40+,44-/m0/s1. The molecular formula is C44H45N3O7. The number of hydrogen-bond acceptors (Lipinski definition) is 7. The minimum atomic E-state index is -1.33. The fourth-order valence-electron chi connectivity index (χ4n) is 8.62. The maximum absolute atomic E-state index is 15.2. The molecule has 3 aliphatic heterocycles. The van der Waals surface area contributed by atoms with Crippen molar-refractivity contribution >= 4 is 40.2 Å². The van der Waals surface area contributed by atoms with Crippen molar-refractivity contribution in [3.05, 3.63) is 140 Å². The van der Waals surface area contributed by atoms with Crippen LogP contribution in [0.2, 0.25) is 0 Å². The summed E-state index contributed by atoms with van der Waals surface area (Å²) >= 11 is 0. The number of allylic oxidation sites excluding steroid dienone is 1. The molecule has 3 aliphatic rings. The lowest BCUT2D eigenvalue weighted by atomic mass is 9.70. The summed E-state index contributed by atoms with van der Waals surface area (Å²) in [7, 11) is 0. The number of nitrogens with zero attached hydrogens (tertiary/aromatic N) is 2. The Morgan fingerprint density at radius 3 is 2.31 bits per heavy atom. The molecule has 0 aliphatic carbocycles. The lowest BCUT2D eigenvalue weighted by molar-refractivity contribution is -0.146. The molecule has 10 heteroatoms. The number of aliphatic hydroxyl groups excluding tert-OH is 1. The van der Waals surface area contributed by atoms with Crippen molar-refractivity contribution in [2.24, 2.45) is 11.8 Å². The van der Waals surface area contributed by atoms with Crippen LogP contribution in [0.5, 0.6) is 0 Å². The third-order valence-corrected chi connectivity index (χ3v) is 11.1. The molecule has 0 unspecified atom stereocenters. The lowest BCUT2D eigenvalue weighted by Crippen LogP contribution is -2.57. The number of aliphatic hydroxyl groups is 1. The molecule has 7 atom stereocenters. The number of anilines is 1. The number of benzene rings is 4. The van der Waals surface area contributed by atoms with E-state index in [4.69, 9.17) is 9.47 Å². The van der Waals surface area contributed by atoms with Crippen LogP contribution in [0.25, 0.3) is 10.8 Å². The first kappa shape index (κ1) is 36.8. The van der Waals surface area contributed by atoms with E-state index in [0.717, 1.165) is 16.3 Å². The molecule has 7 rings (SSSR count). The highest BCUT2D eigenvalue weighted by Gasteiger charge is 2.75. The zero-order valence-corrected chi connectivity index (χ0v) is 30.1. The Balaban J connectivity index is 1.26. The number of carbonyl (C=O) groups is 4. The summed E-state index contributed by atoms with van der Waals surface area (Å²) in [6.45, 7) is 7.19. The van der Waals surface area contributed by atoms with Crippen molar-refractivity contribution in [2.45, 2.75) is 55.5 Å². The molecule has 0 aromatic heterocycles. The van der Waals surface area contributed by atoms with Crippen LogP contribution < -0.4 is 10.2 Å². The van der Waals surface area contributed by atoms with Crippen molar-refractivity contribution in [3.63, 3.8) is 0 Å². The summed E-state index contributed by atoms with van der Waals surface area (Å²) in [6, 6.07) is 29.2. The highest BCUT2D eigenvalue weighted by Crippen LogP contribution is 2.60. The second kappa shape index (κ2) is 15.8. The number of nitrogens with one attached hydrogen (secondary N) is 1. The monoisotopic (exact) mass is 727 g/mol. The van der Waals surface area contributed by atoms with Crippen molar-refractivity contribution in [1.29, 1.82) is 0 Å². The molecule has 2 N–H and O–H groups in total. The molecule has 3 heterocycles. The summed E-state index contributed by atoms with van der Waals surface area (Å²) in [5, 5.41) is 16.0. The highest BCUT2D eigenvalue weighted by atomic mass is 16.5. The van der Waals surface area contributed by atoms with Gasteiger partial charge >= 0.3 is 5.97 Å². The van der Waals surface area contributed by atoms with Gasteiger partial charge in [-0.3, -0.25) is 19.2 Å². The van der Waals surface area contributed by atoms with Crippen molar-refractivity contribution < 1.29 is 33.8 Å². The molecule has 0 saturated carbocycles. The van der Waals surface area contributed by atoms with Gasteiger partial charge in [0.25, 0.3) is 5.91 Å². The Labute approximate surface area is 315 Å². The van der Waals surface area contributed by atoms with Gasteiger partial charge in [0.15, 0.2) is 0 Å². The zero-order valence-electron chi connectivity index (χ0n) is 30.1. The van der Waals surface area contributed by atoms with Crippen molar-refractivity contribution in [1.82, 2.24) is 10.2 Å². The molecule has 3 amide bonds. The van der Waals surface area contributed by atoms with E-state index in [-0.39, 0.29) is 25.5 Å². The molecule has 4 aromatic rings. The molecule has 0 radical (unpaired) electrons. The Morgan fingerprint density at radius 1 is 0.944 bits per heavy atom. The van der Waals surface area contributed by atoms with Crippen LogP contribution in [-0.4, -0.2) is 71.2 Å². The molecule has 2 bridgehead atoms. The number of ether oxygens (including phenoxy) is 2. The first-order valence-corrected chi connectivity index (χ1v) is 18.5. The fraction of sp³-hybridized carbons (Fsp3) is 0.318. The van der Waals surface area contributed by atoms with E-state index in [9.17, 15) is 14.7 Å². The SMILES string of the molecule is C=CCCC(=O)OC[C@H](NC(=O)[C@@H]1[C@H]2C(=O)N([C@H](CO)c3ccccc3)[C@H](C(=O)N(CC=C)c3ccc4ccccc4c3)[C@]23CC[C@H]1O3)c1ccccc1. The minimum absolute atomic E-state index is 0.107. The van der Waals surface area contributed by atoms with E-state index in [1.807, 2.05) is 103 Å². The van der Waals surface area contributed by atoms with E-state index in [0.29, 0.717) is 30.5 Å². The predicted molar refractivity (Wildman–Crippen MR) is 205 cm³/mol. The Morgan fingerprint density at radius 2 is 1.63 bits per heavy atom. The second-order valence-electron chi connectivity index (χ2n) is 14.2. The molecule has 54 heavy (non-hydrogen) atoms. The van der Waals surface area contributed by atoms with E-state index < -0.39 is 66.1 Å². The molecule has 10 nitrogen and oxygen atoms in total. The van der Waals surface area contributed by atoms with Crippen LogP contribution in [-0.2, 0) is 28.7 Å². The van der Waals surface area contributed by atoms with Crippen LogP contribution in [0.4, 0.5) is 5.69 Å². The van der Waals surface area contributed by atoms with Gasteiger partial charge in [-0.15, -0.1) is 13.2 Å². The first-order valence-electron chi connectivity index (χ1n) is 18.5. The van der Waals surface area contributed by atoms with Crippen LogP contribution in [0, 0.1) is 11.8 Å². The number of esters is 1. The summed E-state index contributed by atoms with van der Waals surface area (Å²) in [5.41, 5.74) is 0.676.